The summed E-state index contributed by atoms with van der Waals surface area (Å²) in [6, 6.07) is 10.5. The van der Waals surface area contributed by atoms with Gasteiger partial charge in [-0.15, -0.1) is 30.6 Å². The van der Waals surface area contributed by atoms with Gasteiger partial charge in [-0.25, -0.2) is 4.98 Å². The Labute approximate surface area is 180 Å². The van der Waals surface area contributed by atoms with Gasteiger partial charge in [-0.05, 0) is 25.3 Å². The van der Waals surface area contributed by atoms with Crippen molar-refractivity contribution in [2.24, 2.45) is 4.99 Å². The fourth-order valence-electron chi connectivity index (χ4n) is 2.80. The summed E-state index contributed by atoms with van der Waals surface area (Å²) >= 11 is 0. The van der Waals surface area contributed by atoms with E-state index in [1.165, 1.54) is 5.56 Å². The van der Waals surface area contributed by atoms with Crippen molar-refractivity contribution in [2.75, 3.05) is 26.7 Å². The van der Waals surface area contributed by atoms with E-state index in [1.807, 2.05) is 24.5 Å². The molecule has 27 heavy (non-hydrogen) atoms. The molecule has 0 aliphatic rings. The largest absolute Gasteiger partial charge is 0.357 e. The smallest absolute Gasteiger partial charge is 0.193 e. The number of halogens is 1. The molecule has 1 heterocycles. The minimum Gasteiger partial charge on any atom is -0.357 e. The minimum atomic E-state index is 0. The number of hydrogen-bond donors (Lipinski definition) is 1. The van der Waals surface area contributed by atoms with Crippen LogP contribution in [0.3, 0.4) is 0 Å². The van der Waals surface area contributed by atoms with Crippen molar-refractivity contribution in [2.45, 2.75) is 32.7 Å². The lowest BCUT2D eigenvalue weighted by atomic mass is 10.2. The molecule has 0 spiro atoms. The van der Waals surface area contributed by atoms with Crippen LogP contribution in [0.5, 0.6) is 0 Å². The highest BCUT2D eigenvalue weighted by molar-refractivity contribution is 14.0. The Hall–Kier alpha value is -1.83. The second kappa shape index (κ2) is 13.4. The Balaban J connectivity index is 0.00000364. The van der Waals surface area contributed by atoms with Crippen LogP contribution in [0.1, 0.15) is 31.2 Å². The predicted octanol–water partition coefficient (Wildman–Crippen LogP) is 3.96. The summed E-state index contributed by atoms with van der Waals surface area (Å²) in [5, 5.41) is 3.37. The summed E-state index contributed by atoms with van der Waals surface area (Å²) in [4.78, 5) is 11.5. The highest BCUT2D eigenvalue weighted by Crippen LogP contribution is 2.06. The van der Waals surface area contributed by atoms with Gasteiger partial charge in [-0.2, -0.15) is 0 Å². The number of aliphatic imine (C=N–C) groups is 1. The molecular weight excluding hydrogens is 449 g/mol. The zero-order valence-electron chi connectivity index (χ0n) is 16.5. The second-order valence-corrected chi connectivity index (χ2v) is 6.30. The average molecular weight is 481 g/mol. The molecule has 0 fully saturated rings. The standard InChI is InChI=1S/C21H31N5.HI/c1-4-6-10-16-25(3)21(22-5-2)24-14-13-20-23-15-17-26(20)18-19-11-8-7-9-12-19;/h4,7-9,11-12,15,17H,1,5-6,10,13-14,16,18H2,2-3H3,(H,22,24);1H. The number of benzene rings is 1. The monoisotopic (exact) mass is 481 g/mol. The third-order valence-electron chi connectivity index (χ3n) is 4.19. The van der Waals surface area contributed by atoms with E-state index in [-0.39, 0.29) is 24.0 Å². The lowest BCUT2D eigenvalue weighted by Crippen LogP contribution is -2.39. The number of rotatable bonds is 10. The Morgan fingerprint density at radius 3 is 2.81 bits per heavy atom. The second-order valence-electron chi connectivity index (χ2n) is 6.30. The zero-order chi connectivity index (χ0) is 18.6. The van der Waals surface area contributed by atoms with E-state index in [1.54, 1.807) is 0 Å². The van der Waals surface area contributed by atoms with E-state index >= 15 is 0 Å². The van der Waals surface area contributed by atoms with E-state index in [0.717, 1.165) is 57.2 Å². The number of aromatic nitrogens is 2. The van der Waals surface area contributed by atoms with Crippen LogP contribution in [0.2, 0.25) is 0 Å². The number of guanidine groups is 1. The number of nitrogens with one attached hydrogen (secondary N) is 1. The average Bonchev–Trinajstić information content (AvgIpc) is 3.09. The Bertz CT molecular complexity index is 681. The SMILES string of the molecule is C=CCCCN(C)C(=NCCc1nccn1Cc1ccccc1)NCC.I. The highest BCUT2D eigenvalue weighted by atomic mass is 127. The van der Waals surface area contributed by atoms with Crippen molar-refractivity contribution in [3.63, 3.8) is 0 Å². The van der Waals surface area contributed by atoms with Crippen LogP contribution in [-0.2, 0) is 13.0 Å². The van der Waals surface area contributed by atoms with Crippen LogP contribution in [0, 0.1) is 0 Å². The van der Waals surface area contributed by atoms with E-state index < -0.39 is 0 Å². The van der Waals surface area contributed by atoms with Crippen LogP contribution in [0.4, 0.5) is 0 Å². The molecule has 0 saturated carbocycles. The van der Waals surface area contributed by atoms with Gasteiger partial charge in [0.15, 0.2) is 5.96 Å². The molecule has 1 aromatic carbocycles. The van der Waals surface area contributed by atoms with E-state index in [0.29, 0.717) is 0 Å². The molecule has 0 bridgehead atoms. The molecule has 148 valence electrons. The Kier molecular flexibility index (Phi) is 11.5. The number of unbranched alkanes of at least 4 members (excludes halogenated alkanes) is 1. The zero-order valence-corrected chi connectivity index (χ0v) is 18.8. The normalized spacial score (nSPS) is 11.0. The first-order chi connectivity index (χ1) is 12.7. The van der Waals surface area contributed by atoms with Crippen molar-refractivity contribution >= 4 is 29.9 Å². The van der Waals surface area contributed by atoms with E-state index in [2.05, 4.69) is 64.6 Å². The Morgan fingerprint density at radius 1 is 1.33 bits per heavy atom. The van der Waals surface area contributed by atoms with Crippen LogP contribution in [-0.4, -0.2) is 47.1 Å². The van der Waals surface area contributed by atoms with Gasteiger partial charge < -0.3 is 14.8 Å². The first-order valence-corrected chi connectivity index (χ1v) is 9.39. The summed E-state index contributed by atoms with van der Waals surface area (Å²) < 4.78 is 2.20. The fraction of sp³-hybridized carbons (Fsp3) is 0.429. The van der Waals surface area contributed by atoms with Gasteiger partial charge in [0.1, 0.15) is 5.82 Å². The molecule has 0 amide bonds. The van der Waals surface area contributed by atoms with Crippen molar-refractivity contribution in [3.05, 3.63) is 66.8 Å². The van der Waals surface area contributed by atoms with Crippen molar-refractivity contribution in [3.8, 4) is 0 Å². The van der Waals surface area contributed by atoms with Gasteiger partial charge in [0, 0.05) is 52.0 Å². The molecular formula is C21H32IN5. The van der Waals surface area contributed by atoms with Crippen molar-refractivity contribution in [1.82, 2.24) is 19.8 Å². The van der Waals surface area contributed by atoms with Crippen LogP contribution in [0.25, 0.3) is 0 Å². The molecule has 6 heteroatoms. The molecule has 2 rings (SSSR count). The summed E-state index contributed by atoms with van der Waals surface area (Å²) in [6.07, 6.45) is 8.82. The summed E-state index contributed by atoms with van der Waals surface area (Å²) in [7, 11) is 2.08. The molecule has 0 atom stereocenters. The van der Waals surface area contributed by atoms with Gasteiger partial charge in [0.05, 0.1) is 0 Å². The maximum Gasteiger partial charge on any atom is 0.193 e. The maximum atomic E-state index is 4.77. The molecule has 0 saturated heterocycles. The molecule has 5 nitrogen and oxygen atoms in total. The predicted molar refractivity (Wildman–Crippen MR) is 125 cm³/mol. The molecule has 1 aromatic heterocycles. The van der Waals surface area contributed by atoms with Crippen LogP contribution in [0.15, 0.2) is 60.4 Å². The van der Waals surface area contributed by atoms with Gasteiger partial charge >= 0.3 is 0 Å². The fourth-order valence-corrected chi connectivity index (χ4v) is 2.80. The Morgan fingerprint density at radius 2 is 2.11 bits per heavy atom. The third-order valence-corrected chi connectivity index (χ3v) is 4.19. The summed E-state index contributed by atoms with van der Waals surface area (Å²) in [5.74, 6) is 2.03. The van der Waals surface area contributed by atoms with E-state index in [4.69, 9.17) is 4.99 Å². The number of allylic oxidation sites excluding steroid dienone is 1. The van der Waals surface area contributed by atoms with Gasteiger partial charge in [-0.1, -0.05) is 36.4 Å². The number of nitrogens with zero attached hydrogens (tertiary/aromatic N) is 4. The number of hydrogen-bond acceptors (Lipinski definition) is 2. The molecule has 0 aliphatic carbocycles. The lowest BCUT2D eigenvalue weighted by Gasteiger charge is -2.21. The lowest BCUT2D eigenvalue weighted by molar-refractivity contribution is 0.470. The first-order valence-electron chi connectivity index (χ1n) is 9.39. The first kappa shape index (κ1) is 23.2. The van der Waals surface area contributed by atoms with Crippen LogP contribution >= 0.6 is 24.0 Å². The maximum absolute atomic E-state index is 4.77. The minimum absolute atomic E-state index is 0. The van der Waals surface area contributed by atoms with Crippen LogP contribution < -0.4 is 5.32 Å². The molecule has 0 radical (unpaired) electrons. The summed E-state index contributed by atoms with van der Waals surface area (Å²) in [5.41, 5.74) is 1.28. The van der Waals surface area contributed by atoms with E-state index in [9.17, 15) is 0 Å². The summed E-state index contributed by atoms with van der Waals surface area (Å²) in [6.45, 7) is 9.29. The molecule has 1 N–H and O–H groups in total. The highest BCUT2D eigenvalue weighted by Gasteiger charge is 2.06. The number of imidazole rings is 1. The van der Waals surface area contributed by atoms with Gasteiger partial charge in [0.25, 0.3) is 0 Å². The third kappa shape index (κ3) is 8.15. The molecule has 0 aliphatic heterocycles. The topological polar surface area (TPSA) is 45.5 Å². The molecule has 0 unspecified atom stereocenters. The van der Waals surface area contributed by atoms with Gasteiger partial charge in [-0.3, -0.25) is 4.99 Å². The van der Waals surface area contributed by atoms with Crippen molar-refractivity contribution < 1.29 is 0 Å². The van der Waals surface area contributed by atoms with Crippen molar-refractivity contribution in [1.29, 1.82) is 0 Å². The molecule has 2 aromatic rings. The quantitative estimate of drug-likeness (QED) is 0.184. The van der Waals surface area contributed by atoms with Gasteiger partial charge in [0.2, 0.25) is 0 Å².